The van der Waals surface area contributed by atoms with Crippen molar-refractivity contribution in [2.75, 3.05) is 0 Å². The molecule has 0 aliphatic heterocycles. The smallest absolute Gasteiger partial charge is 0.275 e. The zero-order valence-electron chi connectivity index (χ0n) is 33.8. The number of rotatable bonds is 10. The quantitative estimate of drug-likeness (QED) is 0.152. The Balaban J connectivity index is 1.98. The highest BCUT2D eigenvalue weighted by atomic mass is 31.1. The minimum Gasteiger partial charge on any atom is -0.488 e. The van der Waals surface area contributed by atoms with E-state index in [4.69, 9.17) is 22.8 Å². The second kappa shape index (κ2) is 15.4. The molecule has 276 valence electrons. The second-order valence-electron chi connectivity index (χ2n) is 17.8. The van der Waals surface area contributed by atoms with Gasteiger partial charge in [-0.2, -0.15) is 0 Å². The van der Waals surface area contributed by atoms with Crippen molar-refractivity contribution < 1.29 is 22.8 Å². The van der Waals surface area contributed by atoms with Gasteiger partial charge in [-0.25, -0.2) is 0 Å². The van der Waals surface area contributed by atoms with E-state index >= 15 is 0 Å². The number of hydrogen-bond acceptors (Lipinski definition) is 5. The molecule has 0 aliphatic rings. The fraction of sp³-hybridized carbons (Fsp3) is 0.455. The Morgan fingerprint density at radius 3 is 1.27 bits per heavy atom. The summed E-state index contributed by atoms with van der Waals surface area (Å²) in [5, 5.41) is 0. The highest BCUT2D eigenvalue weighted by molar-refractivity contribution is 7.27. The van der Waals surface area contributed by atoms with Gasteiger partial charge in [0, 0.05) is 22.3 Å². The third kappa shape index (κ3) is 10.6. The maximum Gasteiger partial charge on any atom is 0.275 e. The normalized spacial score (nSPS) is 12.9. The number of aryl methyl sites for hydroxylation is 4. The molecule has 4 rings (SSSR count). The van der Waals surface area contributed by atoms with E-state index in [1.165, 1.54) is 16.7 Å². The van der Waals surface area contributed by atoms with Gasteiger partial charge in [-0.15, -0.1) is 0 Å². The molecule has 7 heteroatoms. The molecule has 0 amide bonds. The third-order valence-corrected chi connectivity index (χ3v) is 9.78. The predicted molar refractivity (Wildman–Crippen MR) is 219 cm³/mol. The summed E-state index contributed by atoms with van der Waals surface area (Å²) in [6.07, 6.45) is 0. The van der Waals surface area contributed by atoms with Crippen LogP contribution in [0.4, 0.5) is 0 Å². The molecular weight excluding hydrogens is 670 g/mol. The van der Waals surface area contributed by atoms with Crippen molar-refractivity contribution in [1.29, 1.82) is 0 Å². The van der Waals surface area contributed by atoms with Crippen LogP contribution in [0.15, 0.2) is 60.7 Å². The molecule has 5 nitrogen and oxygen atoms in total. The molecule has 0 aromatic heterocycles. The van der Waals surface area contributed by atoms with Crippen LogP contribution in [0.2, 0.25) is 0 Å². The first-order valence-corrected chi connectivity index (χ1v) is 19.5. The molecule has 0 saturated heterocycles. The lowest BCUT2D eigenvalue weighted by Gasteiger charge is -2.31. The van der Waals surface area contributed by atoms with Crippen LogP contribution in [-0.2, 0) is 16.2 Å². The maximum absolute atomic E-state index is 6.81. The van der Waals surface area contributed by atoms with Crippen molar-refractivity contribution in [3.8, 4) is 39.9 Å². The second-order valence-corrected chi connectivity index (χ2v) is 19.0. The van der Waals surface area contributed by atoms with Crippen molar-refractivity contribution in [1.82, 2.24) is 0 Å². The van der Waals surface area contributed by atoms with E-state index in [9.17, 15) is 0 Å². The molecule has 2 unspecified atom stereocenters. The number of hydrogen-bond donors (Lipinski definition) is 0. The van der Waals surface area contributed by atoms with Crippen LogP contribution in [0, 0.1) is 27.7 Å². The van der Waals surface area contributed by atoms with Gasteiger partial charge in [0.15, 0.2) is 0 Å². The molecule has 0 spiro atoms. The van der Waals surface area contributed by atoms with Gasteiger partial charge < -0.3 is 22.8 Å². The van der Waals surface area contributed by atoms with Crippen LogP contribution in [0.1, 0.15) is 122 Å². The van der Waals surface area contributed by atoms with Crippen LogP contribution in [0.3, 0.4) is 0 Å². The van der Waals surface area contributed by atoms with E-state index < -0.39 is 5.60 Å². The minimum atomic E-state index is -0.410. The first-order valence-electron chi connectivity index (χ1n) is 17.8. The van der Waals surface area contributed by atoms with Crippen LogP contribution in [0.5, 0.6) is 28.7 Å². The van der Waals surface area contributed by atoms with Crippen molar-refractivity contribution in [2.45, 2.75) is 133 Å². The van der Waals surface area contributed by atoms with Crippen LogP contribution >= 0.6 is 18.1 Å². The highest BCUT2D eigenvalue weighted by Crippen LogP contribution is 2.52. The summed E-state index contributed by atoms with van der Waals surface area (Å²) in [6, 6.07) is 21.2. The van der Waals surface area contributed by atoms with Gasteiger partial charge in [0.1, 0.15) is 34.3 Å². The van der Waals surface area contributed by atoms with E-state index in [0.717, 1.165) is 62.1 Å². The summed E-state index contributed by atoms with van der Waals surface area (Å²) < 4.78 is 32.8. The van der Waals surface area contributed by atoms with Crippen molar-refractivity contribution in [3.63, 3.8) is 0 Å². The van der Waals surface area contributed by atoms with Gasteiger partial charge in [0.25, 0.3) is 18.1 Å². The standard InChI is InChI=1S/C44H60O5P2/c1-27-17-19-37(29(3)21-27)46-50-48-39-33(23-31(41(5,6)7)24-35(39)42(8,9)10)34-25-32(45-44(14,15)16)26-36(43(11,12)13)40(34)49-51-47-38-20-18-28(2)22-30(38)4/h17-26,50-51H,1-16H3. The summed E-state index contributed by atoms with van der Waals surface area (Å²) in [7, 11) is -0.536. The predicted octanol–water partition coefficient (Wildman–Crippen LogP) is 13.6. The zero-order chi connectivity index (χ0) is 38.1. The molecule has 0 heterocycles. The first-order chi connectivity index (χ1) is 23.4. The highest BCUT2D eigenvalue weighted by Gasteiger charge is 2.32. The maximum atomic E-state index is 6.81. The molecule has 2 atom stereocenters. The van der Waals surface area contributed by atoms with Gasteiger partial charge in [-0.05, 0) is 112 Å². The van der Waals surface area contributed by atoms with Gasteiger partial charge in [-0.3, -0.25) is 0 Å². The van der Waals surface area contributed by atoms with Gasteiger partial charge in [0.05, 0.1) is 0 Å². The Bertz CT molecular complexity index is 1850. The lowest BCUT2D eigenvalue weighted by molar-refractivity contribution is 0.130. The molecule has 0 aliphatic carbocycles. The lowest BCUT2D eigenvalue weighted by atomic mass is 9.77. The fourth-order valence-corrected chi connectivity index (χ4v) is 7.18. The summed E-state index contributed by atoms with van der Waals surface area (Å²) in [5.74, 6) is 3.92. The molecule has 0 fully saturated rings. The molecule has 0 radical (unpaired) electrons. The lowest BCUT2D eigenvalue weighted by Crippen LogP contribution is -2.23. The van der Waals surface area contributed by atoms with E-state index in [-0.39, 0.29) is 34.3 Å². The van der Waals surface area contributed by atoms with E-state index in [1.54, 1.807) is 0 Å². The van der Waals surface area contributed by atoms with Crippen LogP contribution in [0.25, 0.3) is 11.1 Å². The van der Waals surface area contributed by atoms with Gasteiger partial charge in [0.2, 0.25) is 0 Å². The van der Waals surface area contributed by atoms with Crippen molar-refractivity contribution >= 4 is 18.1 Å². The molecule has 0 N–H and O–H groups in total. The topological polar surface area (TPSA) is 46.2 Å². The minimum absolute atomic E-state index is 0.133. The molecule has 51 heavy (non-hydrogen) atoms. The molecule has 0 saturated carbocycles. The molecule has 0 bridgehead atoms. The van der Waals surface area contributed by atoms with Crippen molar-refractivity contribution in [2.24, 2.45) is 0 Å². The Morgan fingerprint density at radius 1 is 0.451 bits per heavy atom. The van der Waals surface area contributed by atoms with E-state index in [2.05, 4.69) is 159 Å². The van der Waals surface area contributed by atoms with E-state index in [1.807, 2.05) is 12.1 Å². The van der Waals surface area contributed by atoms with Gasteiger partial charge >= 0.3 is 0 Å². The first kappa shape index (κ1) is 40.5. The summed E-state index contributed by atoms with van der Waals surface area (Å²) in [5.41, 5.74) is 8.62. The summed E-state index contributed by atoms with van der Waals surface area (Å²) in [4.78, 5) is 0. The number of benzene rings is 4. The average molecular weight is 731 g/mol. The molecule has 4 aromatic rings. The molecule has 4 aromatic carbocycles. The Kier molecular flexibility index (Phi) is 12.2. The Hall–Kier alpha value is -3.26. The van der Waals surface area contributed by atoms with Crippen molar-refractivity contribution in [3.05, 3.63) is 99.6 Å². The zero-order valence-corrected chi connectivity index (χ0v) is 35.8. The fourth-order valence-electron chi connectivity index (χ4n) is 5.85. The van der Waals surface area contributed by atoms with E-state index in [0.29, 0.717) is 0 Å². The average Bonchev–Trinajstić information content (AvgIpc) is 2.97. The molecular formula is C44H60O5P2. The third-order valence-electron chi connectivity index (χ3n) is 8.60. The summed E-state index contributed by atoms with van der Waals surface area (Å²) in [6.45, 7) is 34.6. The SMILES string of the molecule is Cc1ccc(OPOc2c(-c3cc(C(C)(C)C)cc(C(C)(C)C)c3OPOc3ccc(C)cc3C)cc(OC(C)(C)C)cc2C(C)(C)C)c(C)c1. The monoisotopic (exact) mass is 730 g/mol. The Labute approximate surface area is 312 Å². The van der Waals surface area contributed by atoms with Crippen LogP contribution < -0.4 is 22.8 Å². The summed E-state index contributed by atoms with van der Waals surface area (Å²) >= 11 is 0. The Morgan fingerprint density at radius 2 is 0.882 bits per heavy atom. The van der Waals surface area contributed by atoms with Gasteiger partial charge in [-0.1, -0.05) is 104 Å². The largest absolute Gasteiger partial charge is 0.488 e. The number of ether oxygens (including phenoxy) is 1. The van der Waals surface area contributed by atoms with Crippen LogP contribution in [-0.4, -0.2) is 5.60 Å².